The average molecular weight is 587 g/mol. The number of hydrogen-bond donors (Lipinski definition) is 0. The maximum Gasteiger partial charge on any atom is 0.257 e. The Morgan fingerprint density at radius 2 is 1.70 bits per heavy atom. The highest BCUT2D eigenvalue weighted by Crippen LogP contribution is 2.35. The van der Waals surface area contributed by atoms with Crippen LogP contribution in [-0.2, 0) is 6.42 Å². The Bertz CT molecular complexity index is 1910. The maximum absolute atomic E-state index is 15.2. The van der Waals surface area contributed by atoms with E-state index in [0.29, 0.717) is 33.6 Å². The van der Waals surface area contributed by atoms with Crippen molar-refractivity contribution in [3.8, 4) is 34.3 Å². The van der Waals surface area contributed by atoms with Crippen molar-refractivity contribution in [3.63, 3.8) is 0 Å². The molecular weight excluding hydrogens is 558 g/mol. The van der Waals surface area contributed by atoms with Gasteiger partial charge in [0.2, 0.25) is 5.43 Å². The molecule has 5 rings (SSSR count). The van der Waals surface area contributed by atoms with E-state index in [0.717, 1.165) is 0 Å². The summed E-state index contributed by atoms with van der Waals surface area (Å²) in [6, 6.07) is 12.6. The summed E-state index contributed by atoms with van der Waals surface area (Å²) < 4.78 is 46.8. The quantitative estimate of drug-likeness (QED) is 0.187. The summed E-state index contributed by atoms with van der Waals surface area (Å²) >= 11 is 0. The van der Waals surface area contributed by atoms with Gasteiger partial charge in [0, 0.05) is 36.5 Å². The van der Waals surface area contributed by atoms with Crippen LogP contribution >= 0.6 is 0 Å². The van der Waals surface area contributed by atoms with Gasteiger partial charge in [-0.3, -0.25) is 19.3 Å². The fraction of sp³-hybridized carbons (Fsp3) is 0.219. The van der Waals surface area contributed by atoms with Gasteiger partial charge in [-0.05, 0) is 56.2 Å². The number of ether oxygens (including phenoxy) is 3. The second-order valence-corrected chi connectivity index (χ2v) is 10.0. The molecule has 0 aliphatic heterocycles. The number of aromatic nitrogens is 4. The Hall–Kier alpha value is -5.19. The number of methoxy groups -OCH3 is 2. The van der Waals surface area contributed by atoms with Crippen LogP contribution in [0.4, 0.5) is 8.78 Å². The van der Waals surface area contributed by atoms with E-state index < -0.39 is 22.8 Å². The van der Waals surface area contributed by atoms with Gasteiger partial charge in [0.25, 0.3) is 5.88 Å². The van der Waals surface area contributed by atoms with Crippen LogP contribution in [0.3, 0.4) is 0 Å². The van der Waals surface area contributed by atoms with Crippen molar-refractivity contribution in [2.75, 3.05) is 14.2 Å². The lowest BCUT2D eigenvalue weighted by molar-refractivity contribution is 0.0984. The summed E-state index contributed by atoms with van der Waals surface area (Å²) in [6.45, 7) is 5.47. The number of carbonyl (C=O) groups is 1. The van der Waals surface area contributed by atoms with Gasteiger partial charge in [0.1, 0.15) is 11.3 Å². The van der Waals surface area contributed by atoms with E-state index in [4.69, 9.17) is 14.2 Å². The Balaban J connectivity index is 1.45. The van der Waals surface area contributed by atoms with Crippen molar-refractivity contribution in [2.45, 2.75) is 33.2 Å². The largest absolute Gasteiger partial charge is 0.491 e. The molecule has 3 aromatic heterocycles. The molecule has 0 fully saturated rings. The zero-order chi connectivity index (χ0) is 30.8. The van der Waals surface area contributed by atoms with Crippen molar-refractivity contribution in [1.29, 1.82) is 0 Å². The van der Waals surface area contributed by atoms with Crippen LogP contribution in [0.1, 0.15) is 41.6 Å². The molecule has 0 aliphatic rings. The van der Waals surface area contributed by atoms with E-state index in [1.165, 1.54) is 62.9 Å². The van der Waals surface area contributed by atoms with Gasteiger partial charge in [-0.15, -0.1) is 0 Å². The molecule has 0 spiro atoms. The highest BCUT2D eigenvalue weighted by Gasteiger charge is 2.23. The first-order chi connectivity index (χ1) is 20.6. The Morgan fingerprint density at radius 1 is 0.953 bits per heavy atom. The van der Waals surface area contributed by atoms with Gasteiger partial charge in [-0.1, -0.05) is 18.2 Å². The molecule has 0 unspecified atom stereocenters. The van der Waals surface area contributed by atoms with Gasteiger partial charge in [-0.25, -0.2) is 13.8 Å². The third-order valence-electron chi connectivity index (χ3n) is 6.84. The lowest BCUT2D eigenvalue weighted by atomic mass is 10.00. The molecule has 3 heterocycles. The molecule has 220 valence electrons. The first kappa shape index (κ1) is 29.3. The summed E-state index contributed by atoms with van der Waals surface area (Å²) in [5.74, 6) is -1.02. The van der Waals surface area contributed by atoms with Crippen LogP contribution in [-0.4, -0.2) is 39.8 Å². The first-order valence-corrected chi connectivity index (χ1v) is 13.4. The SMILES string of the molecule is COc1cc2nccc(Oc3ccc(CC(=O)c4nn(C(C)C)c(C)c(-c5ccc(F)cc5)c4=O)cc3F)c2nc1OC. The predicted octanol–water partition coefficient (Wildman–Crippen LogP) is 6.26. The minimum atomic E-state index is -0.723. The minimum absolute atomic E-state index is 0.102. The molecule has 0 bridgehead atoms. The standard InChI is InChI=1S/C32H28F2N4O5/c1-17(2)38-18(3)28(20-7-9-21(33)10-8-20)31(40)30(37-38)24(39)15-19-6-11-25(22(34)14-19)43-26-12-13-35-23-16-27(41-4)32(42-5)36-29(23)26/h6-14,16-17H,15H2,1-5H3. The first-order valence-electron chi connectivity index (χ1n) is 13.4. The van der Waals surface area contributed by atoms with Crippen molar-refractivity contribution >= 4 is 16.8 Å². The number of ketones is 1. The van der Waals surface area contributed by atoms with E-state index in [2.05, 4.69) is 15.1 Å². The minimum Gasteiger partial charge on any atom is -0.491 e. The number of carbonyl (C=O) groups excluding carboxylic acids is 1. The van der Waals surface area contributed by atoms with Gasteiger partial charge in [0.05, 0.1) is 25.3 Å². The monoisotopic (exact) mass is 586 g/mol. The van der Waals surface area contributed by atoms with Crippen molar-refractivity contribution in [3.05, 3.63) is 99.6 Å². The van der Waals surface area contributed by atoms with Crippen LogP contribution in [0.5, 0.6) is 23.1 Å². The molecule has 0 atom stereocenters. The van der Waals surface area contributed by atoms with Crippen molar-refractivity contribution in [2.24, 2.45) is 0 Å². The van der Waals surface area contributed by atoms with Gasteiger partial charge in [0.15, 0.2) is 34.5 Å². The van der Waals surface area contributed by atoms with Crippen LogP contribution in [0.25, 0.3) is 22.2 Å². The highest BCUT2D eigenvalue weighted by molar-refractivity contribution is 5.96. The summed E-state index contributed by atoms with van der Waals surface area (Å²) in [6.07, 6.45) is 1.22. The lowest BCUT2D eigenvalue weighted by Gasteiger charge is -2.18. The number of hydrogen-bond acceptors (Lipinski definition) is 8. The fourth-order valence-electron chi connectivity index (χ4n) is 4.78. The highest BCUT2D eigenvalue weighted by atomic mass is 19.1. The van der Waals surface area contributed by atoms with E-state index in [-0.39, 0.29) is 41.1 Å². The van der Waals surface area contributed by atoms with E-state index >= 15 is 4.39 Å². The number of benzene rings is 2. The molecule has 9 nitrogen and oxygen atoms in total. The maximum atomic E-state index is 15.2. The van der Waals surface area contributed by atoms with Crippen LogP contribution in [0, 0.1) is 18.6 Å². The molecule has 0 radical (unpaired) electrons. The number of rotatable bonds is 9. The van der Waals surface area contributed by atoms with E-state index in [1.807, 2.05) is 13.8 Å². The average Bonchev–Trinajstić information content (AvgIpc) is 2.98. The van der Waals surface area contributed by atoms with Gasteiger partial charge >= 0.3 is 0 Å². The number of fused-ring (bicyclic) bond motifs is 1. The Kier molecular flexibility index (Phi) is 8.16. The number of pyridine rings is 2. The molecule has 0 N–H and O–H groups in total. The molecular formula is C32H28F2N4O5. The summed E-state index contributed by atoms with van der Waals surface area (Å²) in [5.41, 5.74) is 1.53. The molecule has 0 amide bonds. The van der Waals surface area contributed by atoms with Crippen LogP contribution in [0.15, 0.2) is 65.6 Å². The molecule has 5 aromatic rings. The lowest BCUT2D eigenvalue weighted by Crippen LogP contribution is -2.28. The summed E-state index contributed by atoms with van der Waals surface area (Å²) in [4.78, 5) is 35.5. The normalized spacial score (nSPS) is 11.2. The predicted molar refractivity (Wildman–Crippen MR) is 156 cm³/mol. The molecule has 0 aliphatic carbocycles. The number of nitrogens with zero attached hydrogens (tertiary/aromatic N) is 4. The zero-order valence-corrected chi connectivity index (χ0v) is 24.1. The topological polar surface area (TPSA) is 105 Å². The third-order valence-corrected chi connectivity index (χ3v) is 6.84. The third kappa shape index (κ3) is 5.78. The Morgan fingerprint density at radius 3 is 2.35 bits per heavy atom. The van der Waals surface area contributed by atoms with Crippen molar-refractivity contribution in [1.82, 2.24) is 19.7 Å². The number of Topliss-reactive ketones (excluding diaryl/α,β-unsaturated/α-hetero) is 1. The molecule has 0 saturated carbocycles. The second kappa shape index (κ2) is 12.0. The zero-order valence-electron chi connectivity index (χ0n) is 24.1. The van der Waals surface area contributed by atoms with E-state index in [1.54, 1.807) is 23.7 Å². The fourth-order valence-corrected chi connectivity index (χ4v) is 4.78. The smallest absolute Gasteiger partial charge is 0.257 e. The molecule has 43 heavy (non-hydrogen) atoms. The summed E-state index contributed by atoms with van der Waals surface area (Å²) in [7, 11) is 2.92. The van der Waals surface area contributed by atoms with E-state index in [9.17, 15) is 14.0 Å². The summed E-state index contributed by atoms with van der Waals surface area (Å²) in [5, 5.41) is 4.35. The number of halogens is 2. The van der Waals surface area contributed by atoms with Gasteiger partial charge in [-0.2, -0.15) is 5.10 Å². The molecule has 2 aromatic carbocycles. The Labute approximate surface area is 245 Å². The van der Waals surface area contributed by atoms with Crippen LogP contribution < -0.4 is 19.6 Å². The van der Waals surface area contributed by atoms with Gasteiger partial charge < -0.3 is 14.2 Å². The van der Waals surface area contributed by atoms with Crippen molar-refractivity contribution < 1.29 is 27.8 Å². The second-order valence-electron chi connectivity index (χ2n) is 10.0. The molecule has 0 saturated heterocycles. The molecule has 11 heteroatoms. The van der Waals surface area contributed by atoms with Crippen LogP contribution in [0.2, 0.25) is 0 Å².